The summed E-state index contributed by atoms with van der Waals surface area (Å²) in [5, 5.41) is 2.95. The molecule has 7 nitrogen and oxygen atoms in total. The summed E-state index contributed by atoms with van der Waals surface area (Å²) in [6, 6.07) is 5.31. The Bertz CT molecular complexity index is 838. The van der Waals surface area contributed by atoms with Crippen LogP contribution in [0.2, 0.25) is 0 Å². The largest absolute Gasteiger partial charge is 0.476 e. The zero-order valence-electron chi connectivity index (χ0n) is 14.5. The second-order valence-electron chi connectivity index (χ2n) is 6.62. The highest BCUT2D eigenvalue weighted by Gasteiger charge is 2.41. The second kappa shape index (κ2) is 5.87. The van der Waals surface area contributed by atoms with Gasteiger partial charge in [0, 0.05) is 17.8 Å². The lowest BCUT2D eigenvalue weighted by atomic mass is 10.0. The van der Waals surface area contributed by atoms with Gasteiger partial charge >= 0.3 is 0 Å². The van der Waals surface area contributed by atoms with E-state index in [0.29, 0.717) is 17.1 Å². The van der Waals surface area contributed by atoms with Gasteiger partial charge in [-0.1, -0.05) is 0 Å². The fraction of sp³-hybridized carbons (Fsp3) is 0.353. The number of carbonyl (C=O) groups excluding carboxylic acids is 1. The molecule has 25 heavy (non-hydrogen) atoms. The van der Waals surface area contributed by atoms with E-state index in [1.165, 1.54) is 0 Å². The SMILES string of the molecule is CC(C)N1C(=O)C(C)(C)Oc2cc(Nc3ncc(F)c(N)n3)ccc21. The van der Waals surface area contributed by atoms with Crippen LogP contribution in [-0.4, -0.2) is 27.5 Å². The highest BCUT2D eigenvalue weighted by atomic mass is 19.1. The molecule has 8 heteroatoms. The zero-order valence-corrected chi connectivity index (χ0v) is 14.5. The Morgan fingerprint density at radius 1 is 1.36 bits per heavy atom. The summed E-state index contributed by atoms with van der Waals surface area (Å²) in [4.78, 5) is 22.0. The van der Waals surface area contributed by atoms with Gasteiger partial charge in [-0.25, -0.2) is 9.37 Å². The third-order valence-corrected chi connectivity index (χ3v) is 3.86. The first-order valence-electron chi connectivity index (χ1n) is 7.91. The number of rotatable bonds is 3. The van der Waals surface area contributed by atoms with Crippen molar-refractivity contribution in [3.8, 4) is 5.75 Å². The first-order chi connectivity index (χ1) is 11.7. The number of anilines is 4. The number of nitrogens with two attached hydrogens (primary N) is 1. The monoisotopic (exact) mass is 345 g/mol. The number of amides is 1. The van der Waals surface area contributed by atoms with Crippen LogP contribution >= 0.6 is 0 Å². The number of aromatic nitrogens is 2. The van der Waals surface area contributed by atoms with Crippen molar-refractivity contribution in [2.75, 3.05) is 16.0 Å². The first-order valence-corrected chi connectivity index (χ1v) is 7.91. The molecule has 0 bridgehead atoms. The lowest BCUT2D eigenvalue weighted by Gasteiger charge is -2.40. The van der Waals surface area contributed by atoms with Crippen LogP contribution in [0.15, 0.2) is 24.4 Å². The van der Waals surface area contributed by atoms with Crippen molar-refractivity contribution in [3.63, 3.8) is 0 Å². The van der Waals surface area contributed by atoms with E-state index in [0.717, 1.165) is 6.20 Å². The van der Waals surface area contributed by atoms with Gasteiger partial charge in [-0.3, -0.25) is 4.79 Å². The third-order valence-electron chi connectivity index (χ3n) is 3.86. The van der Waals surface area contributed by atoms with E-state index < -0.39 is 11.4 Å². The van der Waals surface area contributed by atoms with Gasteiger partial charge in [0.05, 0.1) is 11.9 Å². The predicted octanol–water partition coefficient (Wildman–Crippen LogP) is 2.85. The molecule has 1 amide bonds. The fourth-order valence-electron chi connectivity index (χ4n) is 2.67. The van der Waals surface area contributed by atoms with Gasteiger partial charge in [-0.15, -0.1) is 0 Å². The van der Waals surface area contributed by atoms with Crippen molar-refractivity contribution >= 4 is 29.0 Å². The normalized spacial score (nSPS) is 15.8. The molecule has 3 N–H and O–H groups in total. The summed E-state index contributed by atoms with van der Waals surface area (Å²) in [6.45, 7) is 7.36. The number of nitrogens with one attached hydrogen (secondary N) is 1. The van der Waals surface area contributed by atoms with Crippen LogP contribution in [0.1, 0.15) is 27.7 Å². The number of benzene rings is 1. The molecule has 0 fully saturated rings. The minimum absolute atomic E-state index is 0.00605. The molecule has 1 aliphatic rings. The number of nitrogens with zero attached hydrogens (tertiary/aromatic N) is 3. The van der Waals surface area contributed by atoms with E-state index >= 15 is 0 Å². The molecule has 0 unspecified atom stereocenters. The van der Waals surface area contributed by atoms with Gasteiger partial charge in [-0.2, -0.15) is 4.98 Å². The summed E-state index contributed by atoms with van der Waals surface area (Å²) < 4.78 is 19.0. The van der Waals surface area contributed by atoms with Crippen LogP contribution in [0.25, 0.3) is 0 Å². The lowest BCUT2D eigenvalue weighted by molar-refractivity contribution is -0.133. The Morgan fingerprint density at radius 3 is 2.72 bits per heavy atom. The topological polar surface area (TPSA) is 93.4 Å². The van der Waals surface area contributed by atoms with E-state index in [2.05, 4.69) is 15.3 Å². The molecule has 0 atom stereocenters. The summed E-state index contributed by atoms with van der Waals surface area (Å²) in [5.41, 5.74) is 5.82. The van der Waals surface area contributed by atoms with Crippen LogP contribution in [-0.2, 0) is 4.79 Å². The smallest absolute Gasteiger partial charge is 0.270 e. The van der Waals surface area contributed by atoms with Gasteiger partial charge < -0.3 is 20.7 Å². The minimum Gasteiger partial charge on any atom is -0.476 e. The second-order valence-corrected chi connectivity index (χ2v) is 6.62. The van der Waals surface area contributed by atoms with Crippen molar-refractivity contribution in [1.82, 2.24) is 9.97 Å². The molecule has 0 aliphatic carbocycles. The van der Waals surface area contributed by atoms with E-state index in [1.54, 1.807) is 36.9 Å². The van der Waals surface area contributed by atoms with Crippen molar-refractivity contribution in [2.45, 2.75) is 39.3 Å². The Balaban J connectivity index is 1.96. The van der Waals surface area contributed by atoms with Gasteiger partial charge in [0.15, 0.2) is 17.2 Å². The summed E-state index contributed by atoms with van der Waals surface area (Å²) in [7, 11) is 0. The Hall–Kier alpha value is -2.90. The maximum absolute atomic E-state index is 13.2. The van der Waals surface area contributed by atoms with E-state index in [9.17, 15) is 9.18 Å². The predicted molar refractivity (Wildman–Crippen MR) is 93.5 cm³/mol. The number of hydrogen-bond acceptors (Lipinski definition) is 6. The number of hydrogen-bond donors (Lipinski definition) is 2. The van der Waals surface area contributed by atoms with Crippen molar-refractivity contribution in [3.05, 3.63) is 30.2 Å². The number of nitrogen functional groups attached to an aromatic ring is 1. The maximum atomic E-state index is 13.2. The molecule has 2 aromatic rings. The van der Waals surface area contributed by atoms with Crippen LogP contribution in [0.4, 0.5) is 27.5 Å². The van der Waals surface area contributed by atoms with Crippen LogP contribution in [0.5, 0.6) is 5.75 Å². The molecule has 0 saturated carbocycles. The van der Waals surface area contributed by atoms with Gasteiger partial charge in [0.2, 0.25) is 5.95 Å². The molecule has 132 valence electrons. The molecule has 1 aromatic carbocycles. The molecular formula is C17H20FN5O2. The Labute approximate surface area is 145 Å². The van der Waals surface area contributed by atoms with Crippen molar-refractivity contribution < 1.29 is 13.9 Å². The molecule has 1 aromatic heterocycles. The molecule has 0 spiro atoms. The third kappa shape index (κ3) is 3.07. The highest BCUT2D eigenvalue weighted by Crippen LogP contribution is 2.40. The van der Waals surface area contributed by atoms with E-state index in [4.69, 9.17) is 10.5 Å². The average Bonchev–Trinajstić information content (AvgIpc) is 2.51. The molecule has 0 saturated heterocycles. The Morgan fingerprint density at radius 2 is 2.08 bits per heavy atom. The number of fused-ring (bicyclic) bond motifs is 1. The number of halogens is 1. The molecule has 0 radical (unpaired) electrons. The molecule has 3 rings (SSSR count). The standard InChI is InChI=1S/C17H20FN5O2/c1-9(2)23-12-6-5-10(7-13(12)25-17(3,4)15(23)24)21-16-20-8-11(18)14(19)22-16/h5-9H,1-4H3,(H3,19,20,21,22). The fourth-order valence-corrected chi connectivity index (χ4v) is 2.67. The maximum Gasteiger partial charge on any atom is 0.270 e. The zero-order chi connectivity index (χ0) is 18.4. The Kier molecular flexibility index (Phi) is 3.98. The highest BCUT2D eigenvalue weighted by molar-refractivity contribution is 6.03. The van der Waals surface area contributed by atoms with Crippen LogP contribution < -0.4 is 20.7 Å². The van der Waals surface area contributed by atoms with Gasteiger partial charge in [0.25, 0.3) is 5.91 Å². The van der Waals surface area contributed by atoms with Crippen LogP contribution in [0, 0.1) is 5.82 Å². The van der Waals surface area contributed by atoms with Crippen molar-refractivity contribution in [2.24, 2.45) is 0 Å². The van der Waals surface area contributed by atoms with E-state index in [-0.39, 0.29) is 23.7 Å². The quantitative estimate of drug-likeness (QED) is 0.888. The van der Waals surface area contributed by atoms with Crippen molar-refractivity contribution in [1.29, 1.82) is 0 Å². The number of carbonyl (C=O) groups is 1. The summed E-state index contributed by atoms with van der Waals surface area (Å²) in [5.74, 6) is -0.258. The van der Waals surface area contributed by atoms with Gasteiger partial charge in [-0.05, 0) is 39.8 Å². The van der Waals surface area contributed by atoms with Crippen LogP contribution in [0.3, 0.4) is 0 Å². The van der Waals surface area contributed by atoms with Gasteiger partial charge in [0.1, 0.15) is 5.75 Å². The number of ether oxygens (including phenoxy) is 1. The molecular weight excluding hydrogens is 325 g/mol. The summed E-state index contributed by atoms with van der Waals surface area (Å²) >= 11 is 0. The first kappa shape index (κ1) is 16.9. The lowest BCUT2D eigenvalue weighted by Crippen LogP contribution is -2.54. The molecule has 1 aliphatic heterocycles. The summed E-state index contributed by atoms with van der Waals surface area (Å²) in [6.07, 6.45) is 1.00. The average molecular weight is 345 g/mol. The molecule has 2 heterocycles. The van der Waals surface area contributed by atoms with E-state index in [1.807, 2.05) is 13.8 Å². The minimum atomic E-state index is -0.966.